The van der Waals surface area contributed by atoms with Crippen molar-refractivity contribution >= 4 is 27.4 Å². The lowest BCUT2D eigenvalue weighted by Crippen LogP contribution is -2.43. The standard InChI is InChI=1S/C30H33F2N5O3S/c1-35-7-9-36(10-8-35)18-23-17-25-28(41-23)30(37-11-13-39-14-12-37)34-29(33-25)21-15-24(31)27(32)26(16-21)40-19-20-3-5-22(38-2)6-4-20/h3-6,15-17H,7-14,18-19H2,1-2H3. The first-order valence-corrected chi connectivity index (χ1v) is 14.6. The Morgan fingerprint density at radius 1 is 0.951 bits per heavy atom. The Hall–Kier alpha value is -3.38. The fraction of sp³-hybridized carbons (Fsp3) is 0.400. The molecule has 0 N–H and O–H groups in total. The van der Waals surface area contributed by atoms with Gasteiger partial charge in [0, 0.05) is 56.3 Å². The molecule has 11 heteroatoms. The number of morpholine rings is 1. The summed E-state index contributed by atoms with van der Waals surface area (Å²) in [6, 6.07) is 11.9. The number of thiophene rings is 1. The fourth-order valence-electron chi connectivity index (χ4n) is 5.07. The molecular formula is C30H33F2N5O3S. The van der Waals surface area contributed by atoms with Crippen molar-refractivity contribution in [3.05, 3.63) is 64.5 Å². The lowest BCUT2D eigenvalue weighted by atomic mass is 10.1. The molecule has 2 saturated heterocycles. The summed E-state index contributed by atoms with van der Waals surface area (Å²) in [6.07, 6.45) is 0. The summed E-state index contributed by atoms with van der Waals surface area (Å²) in [4.78, 5) is 17.9. The van der Waals surface area contributed by atoms with E-state index < -0.39 is 11.6 Å². The van der Waals surface area contributed by atoms with E-state index in [0.29, 0.717) is 43.4 Å². The van der Waals surface area contributed by atoms with Gasteiger partial charge < -0.3 is 24.0 Å². The number of benzene rings is 2. The maximum atomic E-state index is 14.9. The van der Waals surface area contributed by atoms with E-state index in [1.54, 1.807) is 30.6 Å². The van der Waals surface area contributed by atoms with Gasteiger partial charge in [-0.3, -0.25) is 4.90 Å². The smallest absolute Gasteiger partial charge is 0.200 e. The molecule has 2 aromatic carbocycles. The van der Waals surface area contributed by atoms with E-state index in [4.69, 9.17) is 24.2 Å². The number of aromatic nitrogens is 2. The molecular weight excluding hydrogens is 548 g/mol. The number of anilines is 1. The Morgan fingerprint density at radius 2 is 1.71 bits per heavy atom. The van der Waals surface area contributed by atoms with Gasteiger partial charge in [-0.05, 0) is 42.9 Å². The second-order valence-corrected chi connectivity index (χ2v) is 11.5. The van der Waals surface area contributed by atoms with Gasteiger partial charge in [0.15, 0.2) is 23.2 Å². The van der Waals surface area contributed by atoms with Gasteiger partial charge in [0.2, 0.25) is 5.82 Å². The van der Waals surface area contributed by atoms with Gasteiger partial charge in [-0.1, -0.05) is 12.1 Å². The zero-order chi connectivity index (χ0) is 28.3. The molecule has 0 saturated carbocycles. The average Bonchev–Trinajstić information content (AvgIpc) is 3.41. The van der Waals surface area contributed by atoms with Crippen LogP contribution in [0.3, 0.4) is 0 Å². The molecule has 0 atom stereocenters. The maximum absolute atomic E-state index is 14.9. The topological polar surface area (TPSA) is 63.2 Å². The normalized spacial score (nSPS) is 16.8. The van der Waals surface area contributed by atoms with Crippen LogP contribution in [0.5, 0.6) is 11.5 Å². The van der Waals surface area contributed by atoms with Crippen molar-refractivity contribution in [1.29, 1.82) is 0 Å². The summed E-state index contributed by atoms with van der Waals surface area (Å²) in [7, 11) is 3.74. The second kappa shape index (κ2) is 12.2. The zero-order valence-electron chi connectivity index (χ0n) is 23.2. The third kappa shape index (κ3) is 6.28. The lowest BCUT2D eigenvalue weighted by Gasteiger charge is -2.31. The van der Waals surface area contributed by atoms with Crippen LogP contribution in [0.1, 0.15) is 10.4 Å². The molecule has 0 spiro atoms. The van der Waals surface area contributed by atoms with Crippen LogP contribution in [0, 0.1) is 11.6 Å². The summed E-state index contributed by atoms with van der Waals surface area (Å²) in [5, 5.41) is 0. The minimum Gasteiger partial charge on any atom is -0.497 e. The molecule has 2 aliphatic heterocycles. The van der Waals surface area contributed by atoms with Crippen molar-refractivity contribution in [3.63, 3.8) is 0 Å². The van der Waals surface area contributed by atoms with E-state index in [-0.39, 0.29) is 12.4 Å². The number of hydrogen-bond donors (Lipinski definition) is 0. The monoisotopic (exact) mass is 581 g/mol. The Kier molecular flexibility index (Phi) is 8.29. The molecule has 41 heavy (non-hydrogen) atoms. The van der Waals surface area contributed by atoms with E-state index in [2.05, 4.69) is 27.8 Å². The molecule has 2 aromatic heterocycles. The van der Waals surface area contributed by atoms with Crippen molar-refractivity contribution in [1.82, 2.24) is 19.8 Å². The molecule has 4 heterocycles. The van der Waals surface area contributed by atoms with Crippen LogP contribution in [-0.4, -0.2) is 86.4 Å². The zero-order valence-corrected chi connectivity index (χ0v) is 24.1. The number of likely N-dealkylation sites (N-methyl/N-ethyl adjacent to an activating group) is 1. The predicted octanol–water partition coefficient (Wildman–Crippen LogP) is 4.81. The van der Waals surface area contributed by atoms with E-state index in [1.807, 2.05) is 12.1 Å². The van der Waals surface area contributed by atoms with Crippen LogP contribution in [0.2, 0.25) is 0 Å². The maximum Gasteiger partial charge on any atom is 0.200 e. The Morgan fingerprint density at radius 3 is 2.44 bits per heavy atom. The predicted molar refractivity (Wildman–Crippen MR) is 156 cm³/mol. The molecule has 2 aliphatic rings. The van der Waals surface area contributed by atoms with Gasteiger partial charge in [0.25, 0.3) is 0 Å². The van der Waals surface area contributed by atoms with Gasteiger partial charge in [0.05, 0.1) is 30.5 Å². The Labute approximate surface area is 242 Å². The lowest BCUT2D eigenvalue weighted by molar-refractivity contribution is 0.122. The SMILES string of the molecule is COc1ccc(COc2cc(-c3nc(N4CCOCC4)c4sc(CN5CCN(C)CC5)cc4n3)cc(F)c2F)cc1. The van der Waals surface area contributed by atoms with Crippen LogP contribution < -0.4 is 14.4 Å². The molecule has 0 amide bonds. The first kappa shape index (κ1) is 27.8. The number of methoxy groups -OCH3 is 1. The molecule has 0 unspecified atom stereocenters. The minimum atomic E-state index is -1.04. The van der Waals surface area contributed by atoms with Crippen molar-refractivity contribution < 1.29 is 23.0 Å². The highest BCUT2D eigenvalue weighted by molar-refractivity contribution is 7.19. The van der Waals surface area contributed by atoms with Crippen LogP contribution in [-0.2, 0) is 17.9 Å². The molecule has 4 aromatic rings. The van der Waals surface area contributed by atoms with E-state index >= 15 is 0 Å². The minimum absolute atomic E-state index is 0.0723. The number of nitrogens with zero attached hydrogens (tertiary/aromatic N) is 5. The highest BCUT2D eigenvalue weighted by atomic mass is 32.1. The number of fused-ring (bicyclic) bond motifs is 1. The van der Waals surface area contributed by atoms with E-state index in [0.717, 1.165) is 60.4 Å². The first-order chi connectivity index (χ1) is 20.0. The van der Waals surface area contributed by atoms with Crippen LogP contribution in [0.4, 0.5) is 14.6 Å². The average molecular weight is 582 g/mol. The summed E-state index contributed by atoms with van der Waals surface area (Å²) >= 11 is 1.70. The fourth-order valence-corrected chi connectivity index (χ4v) is 6.22. The van der Waals surface area contributed by atoms with Gasteiger partial charge in [-0.2, -0.15) is 4.39 Å². The van der Waals surface area contributed by atoms with E-state index in [1.165, 1.54) is 10.9 Å². The number of rotatable bonds is 8. The summed E-state index contributed by atoms with van der Waals surface area (Å²) in [5.41, 5.74) is 1.96. The van der Waals surface area contributed by atoms with Gasteiger partial charge in [-0.15, -0.1) is 11.3 Å². The van der Waals surface area contributed by atoms with Crippen molar-refractivity contribution in [2.45, 2.75) is 13.2 Å². The molecule has 2 fully saturated rings. The largest absolute Gasteiger partial charge is 0.497 e. The molecule has 0 radical (unpaired) electrons. The van der Waals surface area contributed by atoms with Crippen molar-refractivity contribution in [3.8, 4) is 22.9 Å². The van der Waals surface area contributed by atoms with Crippen LogP contribution in [0.25, 0.3) is 21.6 Å². The number of halogens is 2. The highest BCUT2D eigenvalue weighted by Crippen LogP contribution is 2.36. The van der Waals surface area contributed by atoms with E-state index in [9.17, 15) is 8.78 Å². The molecule has 8 nitrogen and oxygen atoms in total. The molecule has 0 bridgehead atoms. The molecule has 6 rings (SSSR count). The van der Waals surface area contributed by atoms with Gasteiger partial charge in [-0.25, -0.2) is 14.4 Å². The third-order valence-electron chi connectivity index (χ3n) is 7.50. The summed E-state index contributed by atoms with van der Waals surface area (Å²) < 4.78 is 47.1. The summed E-state index contributed by atoms with van der Waals surface area (Å²) in [5.74, 6) is -0.402. The quantitative estimate of drug-likeness (QED) is 0.294. The van der Waals surface area contributed by atoms with Gasteiger partial charge >= 0.3 is 0 Å². The van der Waals surface area contributed by atoms with Crippen LogP contribution in [0.15, 0.2) is 42.5 Å². The molecule has 216 valence electrons. The van der Waals surface area contributed by atoms with Crippen LogP contribution >= 0.6 is 11.3 Å². The van der Waals surface area contributed by atoms with Gasteiger partial charge in [0.1, 0.15) is 12.4 Å². The Bertz CT molecular complexity index is 1500. The molecule has 0 aliphatic carbocycles. The third-order valence-corrected chi connectivity index (χ3v) is 8.60. The first-order valence-electron chi connectivity index (χ1n) is 13.8. The Balaban J connectivity index is 1.32. The second-order valence-electron chi connectivity index (χ2n) is 10.4. The summed E-state index contributed by atoms with van der Waals surface area (Å²) in [6.45, 7) is 7.67. The highest BCUT2D eigenvalue weighted by Gasteiger charge is 2.23. The van der Waals surface area contributed by atoms with Crippen molar-refractivity contribution in [2.75, 3.05) is 71.5 Å². The number of piperazine rings is 1. The number of ether oxygens (including phenoxy) is 3. The number of hydrogen-bond acceptors (Lipinski definition) is 9. The van der Waals surface area contributed by atoms with Crippen molar-refractivity contribution in [2.24, 2.45) is 0 Å².